The summed E-state index contributed by atoms with van der Waals surface area (Å²) in [5, 5.41) is 3.57. The van der Waals surface area contributed by atoms with Crippen LogP contribution in [-0.2, 0) is 23.1 Å². The monoisotopic (exact) mass is 636 g/mol. The minimum atomic E-state index is -0.431. The minimum absolute atomic E-state index is 0.00795. The Morgan fingerprint density at radius 1 is 0.915 bits per heavy atom. The number of fused-ring (bicyclic) bond motifs is 1. The van der Waals surface area contributed by atoms with E-state index in [4.69, 9.17) is 9.47 Å². The Bertz CT molecular complexity index is 1550. The molecule has 0 bridgehead atoms. The molecule has 1 amide bonds. The third-order valence-corrected chi connectivity index (χ3v) is 10.1. The van der Waals surface area contributed by atoms with E-state index in [1.807, 2.05) is 0 Å². The molecule has 5 nitrogen and oxygen atoms in total. The molecule has 1 aliphatic rings. The summed E-state index contributed by atoms with van der Waals surface area (Å²) in [6.07, 6.45) is 4.40. The molecule has 3 unspecified atom stereocenters. The van der Waals surface area contributed by atoms with Gasteiger partial charge in [-0.25, -0.2) is 4.39 Å². The fraction of sp³-hybridized carbons (Fsp3) is 0.390. The van der Waals surface area contributed by atoms with Crippen molar-refractivity contribution in [3.63, 3.8) is 0 Å². The van der Waals surface area contributed by atoms with Crippen LogP contribution in [0.2, 0.25) is 0 Å². The van der Waals surface area contributed by atoms with Crippen molar-refractivity contribution in [1.82, 2.24) is 10.2 Å². The number of hydrogen-bond acceptors (Lipinski definition) is 4. The van der Waals surface area contributed by atoms with Gasteiger partial charge in [-0.3, -0.25) is 9.69 Å². The van der Waals surface area contributed by atoms with Gasteiger partial charge in [0.1, 0.15) is 5.82 Å². The van der Waals surface area contributed by atoms with E-state index in [0.29, 0.717) is 18.9 Å². The number of nitrogens with one attached hydrogen (secondary N) is 1. The quantitative estimate of drug-likeness (QED) is 0.151. The summed E-state index contributed by atoms with van der Waals surface area (Å²) in [5.41, 5.74) is 5.48. The topological polar surface area (TPSA) is 50.8 Å². The van der Waals surface area contributed by atoms with Gasteiger partial charge in [0.25, 0.3) is 0 Å². The molecule has 3 atom stereocenters. The van der Waals surface area contributed by atoms with Gasteiger partial charge in [-0.05, 0) is 91.6 Å². The van der Waals surface area contributed by atoms with Gasteiger partial charge < -0.3 is 14.8 Å². The lowest BCUT2D eigenvalue weighted by Gasteiger charge is -2.45. The van der Waals surface area contributed by atoms with Crippen molar-refractivity contribution >= 4 is 5.91 Å². The molecule has 5 rings (SSSR count). The number of aryl methyl sites for hydroxylation is 1. The van der Waals surface area contributed by atoms with Gasteiger partial charge in [0, 0.05) is 36.5 Å². The van der Waals surface area contributed by atoms with Crippen LogP contribution in [0.1, 0.15) is 80.3 Å². The first-order chi connectivity index (χ1) is 22.8. The highest BCUT2D eigenvalue weighted by Gasteiger charge is 2.43. The molecule has 4 aromatic rings. The van der Waals surface area contributed by atoms with Gasteiger partial charge >= 0.3 is 0 Å². The molecule has 0 saturated carbocycles. The van der Waals surface area contributed by atoms with E-state index in [0.717, 1.165) is 49.3 Å². The molecule has 0 fully saturated rings. The Balaban J connectivity index is 1.49. The Hall–Kier alpha value is -4.16. The zero-order valence-corrected chi connectivity index (χ0v) is 28.5. The van der Waals surface area contributed by atoms with Crippen LogP contribution in [0.15, 0.2) is 97.1 Å². The molecular weight excluding hydrogens is 587 g/mol. The fourth-order valence-electron chi connectivity index (χ4n) is 7.71. The fourth-order valence-corrected chi connectivity index (χ4v) is 7.71. The van der Waals surface area contributed by atoms with E-state index < -0.39 is 5.41 Å². The molecule has 0 aliphatic carbocycles. The molecule has 1 heterocycles. The molecule has 0 aromatic heterocycles. The number of rotatable bonds is 14. The molecule has 0 saturated heterocycles. The van der Waals surface area contributed by atoms with Gasteiger partial charge in [0.15, 0.2) is 11.5 Å². The number of halogens is 1. The van der Waals surface area contributed by atoms with Crippen molar-refractivity contribution in [1.29, 1.82) is 0 Å². The number of hydrogen-bond donors (Lipinski definition) is 1. The van der Waals surface area contributed by atoms with Crippen molar-refractivity contribution < 1.29 is 18.7 Å². The number of nitrogens with zero attached hydrogens (tertiary/aromatic N) is 1. The van der Waals surface area contributed by atoms with E-state index in [1.165, 1.54) is 34.4 Å². The molecule has 6 heteroatoms. The highest BCUT2D eigenvalue weighted by molar-refractivity contribution is 5.77. The molecule has 0 spiro atoms. The zero-order chi connectivity index (χ0) is 33.4. The maximum Gasteiger partial charge on any atom is 0.220 e. The summed E-state index contributed by atoms with van der Waals surface area (Å²) in [7, 11) is 3.37. The summed E-state index contributed by atoms with van der Waals surface area (Å²) in [5.74, 6) is 1.25. The van der Waals surface area contributed by atoms with Crippen molar-refractivity contribution in [3.8, 4) is 11.5 Å². The number of ether oxygens (including phenoxy) is 2. The van der Waals surface area contributed by atoms with E-state index >= 15 is 0 Å². The molecule has 1 aliphatic heterocycles. The highest BCUT2D eigenvalue weighted by Crippen LogP contribution is 2.43. The van der Waals surface area contributed by atoms with Crippen LogP contribution >= 0.6 is 0 Å². The van der Waals surface area contributed by atoms with E-state index in [9.17, 15) is 9.18 Å². The van der Waals surface area contributed by atoms with Crippen LogP contribution in [-0.4, -0.2) is 43.7 Å². The summed E-state index contributed by atoms with van der Waals surface area (Å²) in [6, 6.07) is 32.3. The molecular formula is C41H49FN2O3. The summed E-state index contributed by atoms with van der Waals surface area (Å²) >= 11 is 0. The Kier molecular flexibility index (Phi) is 11.4. The number of methoxy groups -OCH3 is 2. The van der Waals surface area contributed by atoms with Crippen molar-refractivity contribution in [3.05, 3.63) is 131 Å². The molecule has 47 heavy (non-hydrogen) atoms. The average Bonchev–Trinajstić information content (AvgIpc) is 3.10. The summed E-state index contributed by atoms with van der Waals surface area (Å²) < 4.78 is 24.8. The van der Waals surface area contributed by atoms with Gasteiger partial charge in [-0.2, -0.15) is 0 Å². The first kappa shape index (κ1) is 34.2. The number of carbonyl (C=O) groups excluding carboxylic acids is 1. The van der Waals surface area contributed by atoms with E-state index in [-0.39, 0.29) is 23.8 Å². The summed E-state index contributed by atoms with van der Waals surface area (Å²) in [4.78, 5) is 16.4. The molecule has 248 valence electrons. The normalized spacial score (nSPS) is 17.1. The smallest absolute Gasteiger partial charge is 0.220 e. The lowest BCUT2D eigenvalue weighted by molar-refractivity contribution is -0.122. The maximum atomic E-state index is 13.9. The highest BCUT2D eigenvalue weighted by atomic mass is 19.1. The minimum Gasteiger partial charge on any atom is -0.493 e. The molecule has 0 radical (unpaired) electrons. The van der Waals surface area contributed by atoms with Crippen LogP contribution in [0.25, 0.3) is 0 Å². The zero-order valence-electron chi connectivity index (χ0n) is 28.5. The van der Waals surface area contributed by atoms with Crippen LogP contribution in [0, 0.1) is 5.82 Å². The number of benzene rings is 4. The van der Waals surface area contributed by atoms with Gasteiger partial charge in [0.2, 0.25) is 5.91 Å². The summed E-state index contributed by atoms with van der Waals surface area (Å²) in [6.45, 7) is 7.59. The predicted octanol–water partition coefficient (Wildman–Crippen LogP) is 8.44. The Morgan fingerprint density at radius 2 is 1.51 bits per heavy atom. The van der Waals surface area contributed by atoms with E-state index in [1.54, 1.807) is 26.4 Å². The first-order valence-electron chi connectivity index (χ1n) is 17.0. The standard InChI is InChI=1S/C41H49FN2O3/c1-6-24-41(33-13-9-7-10-14-33,34-15-11-8-12-16-34)39(43-40(45)22-19-31-17-20-35(42)21-18-31)23-25-44-29(2)26-32-27-37(46-4)38(47-5)28-36(32)30(44)3/h7-18,20-21,27-30,39H,6,19,22-26H2,1-5H3,(H,43,45). The number of amides is 1. The molecule has 1 N–H and O–H groups in total. The largest absolute Gasteiger partial charge is 0.493 e. The lowest BCUT2D eigenvalue weighted by atomic mass is 9.65. The van der Waals surface area contributed by atoms with Crippen LogP contribution in [0.5, 0.6) is 11.5 Å². The van der Waals surface area contributed by atoms with Crippen molar-refractivity contribution in [2.75, 3.05) is 20.8 Å². The Morgan fingerprint density at radius 3 is 2.09 bits per heavy atom. The van der Waals surface area contributed by atoms with Gasteiger partial charge in [-0.15, -0.1) is 0 Å². The molecule has 4 aromatic carbocycles. The third kappa shape index (κ3) is 7.54. The van der Waals surface area contributed by atoms with Crippen molar-refractivity contribution in [2.45, 2.75) is 82.8 Å². The second kappa shape index (κ2) is 15.6. The van der Waals surface area contributed by atoms with Crippen LogP contribution in [0.3, 0.4) is 0 Å². The van der Waals surface area contributed by atoms with Crippen LogP contribution in [0.4, 0.5) is 4.39 Å². The number of carbonyl (C=O) groups is 1. The Labute approximate surface area is 280 Å². The second-order valence-electron chi connectivity index (χ2n) is 12.9. The third-order valence-electron chi connectivity index (χ3n) is 10.1. The van der Waals surface area contributed by atoms with Gasteiger partial charge in [-0.1, -0.05) is 86.1 Å². The predicted molar refractivity (Wildman–Crippen MR) is 188 cm³/mol. The lowest BCUT2D eigenvalue weighted by Crippen LogP contribution is -2.53. The van der Waals surface area contributed by atoms with E-state index in [2.05, 4.69) is 104 Å². The first-order valence-corrected chi connectivity index (χ1v) is 17.0. The SMILES string of the molecule is CCCC(c1ccccc1)(c1ccccc1)C(CCN1C(C)Cc2cc(OC)c(OC)cc2C1C)NC(=O)CCc1ccc(F)cc1. The van der Waals surface area contributed by atoms with Crippen LogP contribution < -0.4 is 14.8 Å². The average molecular weight is 637 g/mol. The van der Waals surface area contributed by atoms with Crippen molar-refractivity contribution in [2.24, 2.45) is 0 Å². The second-order valence-corrected chi connectivity index (χ2v) is 12.9. The maximum absolute atomic E-state index is 13.9. The van der Waals surface area contributed by atoms with Gasteiger partial charge in [0.05, 0.1) is 14.2 Å².